The summed E-state index contributed by atoms with van der Waals surface area (Å²) in [4.78, 5) is 0. The zero-order valence-corrected chi connectivity index (χ0v) is 17.7. The molecule has 4 rings (SSSR count). The number of allylic oxidation sites excluding steroid dienone is 4. The summed E-state index contributed by atoms with van der Waals surface area (Å²) >= 11 is -0.826. The number of fused-ring (bicyclic) bond motifs is 1. The molecule has 3 aromatic rings. The van der Waals surface area contributed by atoms with E-state index in [0.29, 0.717) is 0 Å². The second kappa shape index (κ2) is 10.1. The van der Waals surface area contributed by atoms with Crippen LogP contribution in [0.4, 0.5) is 0 Å². The summed E-state index contributed by atoms with van der Waals surface area (Å²) in [6.07, 6.45) is 12.5. The molecule has 2 aromatic carbocycles. The van der Waals surface area contributed by atoms with E-state index in [-0.39, 0.29) is 0 Å². The summed E-state index contributed by atoms with van der Waals surface area (Å²) in [6, 6.07) is 15.0. The molecular weight excluding hydrogens is 416 g/mol. The Kier molecular flexibility index (Phi) is 8.18. The van der Waals surface area contributed by atoms with Crippen LogP contribution in [0.15, 0.2) is 72.6 Å². The van der Waals surface area contributed by atoms with Crippen molar-refractivity contribution >= 4 is 27.8 Å². The quantitative estimate of drug-likeness (QED) is 0.374. The number of nitrogens with zero attached hydrogens (tertiary/aromatic N) is 1. The Balaban J connectivity index is 0.000000193. The first-order valence-electron chi connectivity index (χ1n) is 7.65. The van der Waals surface area contributed by atoms with Crippen LogP contribution in [-0.2, 0) is 20.8 Å². The van der Waals surface area contributed by atoms with Crippen molar-refractivity contribution in [3.63, 3.8) is 0 Å². The van der Waals surface area contributed by atoms with Gasteiger partial charge in [-0.2, -0.15) is 12.1 Å². The van der Waals surface area contributed by atoms with Crippen LogP contribution >= 0.6 is 17.0 Å². The Morgan fingerprint density at radius 1 is 1.12 bits per heavy atom. The average Bonchev–Trinajstić information content (AvgIpc) is 3.28. The summed E-state index contributed by atoms with van der Waals surface area (Å²) < 4.78 is 2.15. The van der Waals surface area contributed by atoms with Crippen LogP contribution in [0.25, 0.3) is 16.5 Å². The predicted molar refractivity (Wildman–Crippen MR) is 101 cm³/mol. The molecule has 0 bridgehead atoms. The van der Waals surface area contributed by atoms with Crippen LogP contribution in [0.2, 0.25) is 0 Å². The van der Waals surface area contributed by atoms with E-state index >= 15 is 0 Å². The molecule has 0 fully saturated rings. The number of benzene rings is 1. The van der Waals surface area contributed by atoms with Gasteiger partial charge in [-0.15, -0.1) is 41.0 Å². The molecule has 0 radical (unpaired) electrons. The fourth-order valence-electron chi connectivity index (χ4n) is 2.60. The number of halogens is 2. The van der Waals surface area contributed by atoms with E-state index in [9.17, 15) is 0 Å². The van der Waals surface area contributed by atoms with E-state index < -0.39 is 20.8 Å². The Morgan fingerprint density at radius 3 is 2.38 bits per heavy atom. The summed E-state index contributed by atoms with van der Waals surface area (Å²) in [5.41, 5.74) is 3.85. The average molecular weight is 436 g/mol. The molecule has 0 saturated heterocycles. The Bertz CT molecular complexity index is 811. The monoisotopic (exact) mass is 433 g/mol. The number of rotatable bonds is 1. The molecule has 0 unspecified atom stereocenters. The van der Waals surface area contributed by atoms with Gasteiger partial charge in [0, 0.05) is 18.1 Å². The van der Waals surface area contributed by atoms with Crippen molar-refractivity contribution in [2.45, 2.75) is 20.3 Å². The second-order valence-electron chi connectivity index (χ2n) is 5.44. The molecule has 1 nitrogen and oxygen atoms in total. The molecule has 0 amide bonds. The SMILES string of the molecule is CC1=[C-]CC=C1.Cc1cc2c(-n3cccc3)cccc2[cH-]1.[Cl][Zr+2][Cl]. The topological polar surface area (TPSA) is 4.93 Å². The zero-order chi connectivity index (χ0) is 17.4. The van der Waals surface area contributed by atoms with Crippen LogP contribution in [0.1, 0.15) is 18.9 Å². The zero-order valence-electron chi connectivity index (χ0n) is 13.8. The second-order valence-corrected chi connectivity index (χ2v) is 9.17. The normalized spacial score (nSPS) is 11.9. The van der Waals surface area contributed by atoms with Crippen LogP contribution in [0, 0.1) is 13.0 Å². The molecule has 4 heteroatoms. The molecule has 0 saturated carbocycles. The van der Waals surface area contributed by atoms with Crippen molar-refractivity contribution in [3.8, 4) is 5.69 Å². The third-order valence-corrected chi connectivity index (χ3v) is 3.62. The van der Waals surface area contributed by atoms with Crippen LogP contribution in [0.3, 0.4) is 0 Å². The van der Waals surface area contributed by atoms with E-state index in [1.165, 1.54) is 27.6 Å². The van der Waals surface area contributed by atoms with Gasteiger partial charge in [0.15, 0.2) is 0 Å². The van der Waals surface area contributed by atoms with Crippen molar-refractivity contribution in [1.82, 2.24) is 4.57 Å². The van der Waals surface area contributed by atoms with Crippen LogP contribution < -0.4 is 0 Å². The molecule has 0 spiro atoms. The van der Waals surface area contributed by atoms with Gasteiger partial charge in [0.2, 0.25) is 0 Å². The number of hydrogen-bond acceptors (Lipinski definition) is 0. The van der Waals surface area contributed by atoms with Crippen molar-refractivity contribution in [2.75, 3.05) is 0 Å². The summed E-state index contributed by atoms with van der Waals surface area (Å²) in [5, 5.41) is 2.64. The predicted octanol–water partition coefficient (Wildman–Crippen LogP) is 6.73. The number of hydrogen-bond donors (Lipinski definition) is 0. The molecule has 122 valence electrons. The van der Waals surface area contributed by atoms with E-state index in [1.807, 2.05) is 0 Å². The van der Waals surface area contributed by atoms with Gasteiger partial charge in [0.05, 0.1) is 0 Å². The number of aromatic nitrogens is 1. The Morgan fingerprint density at radius 2 is 1.83 bits per heavy atom. The summed E-state index contributed by atoms with van der Waals surface area (Å²) in [7, 11) is 9.87. The fraction of sp³-hybridized carbons (Fsp3) is 0.150. The fourth-order valence-corrected chi connectivity index (χ4v) is 2.60. The van der Waals surface area contributed by atoms with Gasteiger partial charge in [0.25, 0.3) is 0 Å². The molecule has 1 heterocycles. The molecule has 0 N–H and O–H groups in total. The maximum absolute atomic E-state index is 4.93. The minimum atomic E-state index is -0.826. The van der Waals surface area contributed by atoms with Gasteiger partial charge < -0.3 is 4.57 Å². The summed E-state index contributed by atoms with van der Waals surface area (Å²) in [6.45, 7) is 4.20. The van der Waals surface area contributed by atoms with Crippen molar-refractivity contribution < 1.29 is 20.8 Å². The molecule has 1 aromatic heterocycles. The van der Waals surface area contributed by atoms with Gasteiger partial charge in [0.1, 0.15) is 0 Å². The Labute approximate surface area is 162 Å². The van der Waals surface area contributed by atoms with E-state index in [4.69, 9.17) is 17.0 Å². The maximum atomic E-state index is 4.93. The molecule has 0 aliphatic heterocycles. The van der Waals surface area contributed by atoms with E-state index in [0.717, 1.165) is 6.42 Å². The van der Waals surface area contributed by atoms with Gasteiger partial charge in [-0.05, 0) is 12.1 Å². The minimum absolute atomic E-state index is 0.826. The summed E-state index contributed by atoms with van der Waals surface area (Å²) in [5.74, 6) is 0. The molecule has 24 heavy (non-hydrogen) atoms. The van der Waals surface area contributed by atoms with Crippen molar-refractivity contribution in [3.05, 3.63) is 84.2 Å². The van der Waals surface area contributed by atoms with Crippen LogP contribution in [0.5, 0.6) is 0 Å². The van der Waals surface area contributed by atoms with E-state index in [1.54, 1.807) is 0 Å². The molecule has 1 aliphatic carbocycles. The third-order valence-electron chi connectivity index (χ3n) is 3.62. The molecule has 1 aliphatic rings. The van der Waals surface area contributed by atoms with E-state index in [2.05, 4.69) is 91.5 Å². The van der Waals surface area contributed by atoms with Gasteiger partial charge >= 0.3 is 37.9 Å². The van der Waals surface area contributed by atoms with Crippen molar-refractivity contribution in [1.29, 1.82) is 0 Å². The third kappa shape index (κ3) is 5.55. The standard InChI is InChI=1S/C14H12N.C6H7.2ClH.Zr/c1-11-9-12-5-4-6-14(13(12)10-11)15-7-2-3-8-15;1-6-4-2-3-5-6;;;/h2-10H,1H3;2,4H,3H2,1H3;2*1H;/q2*-1;;;+4/p-2. The van der Waals surface area contributed by atoms with Crippen LogP contribution in [-0.4, -0.2) is 4.57 Å². The first-order chi connectivity index (χ1) is 11.7. The van der Waals surface area contributed by atoms with Gasteiger partial charge in [-0.3, -0.25) is 6.08 Å². The van der Waals surface area contributed by atoms with Gasteiger partial charge in [-0.25, -0.2) is 11.6 Å². The Hall–Kier alpha value is -0.947. The number of aryl methyl sites for hydroxylation is 1. The molecule has 0 atom stereocenters. The first-order valence-corrected chi connectivity index (χ1v) is 14.0. The van der Waals surface area contributed by atoms with Crippen molar-refractivity contribution in [2.24, 2.45) is 0 Å². The first kappa shape index (κ1) is 19.4. The molecular formula is C20H19Cl2NZr. The van der Waals surface area contributed by atoms with Gasteiger partial charge in [-0.1, -0.05) is 19.9 Å².